The zero-order valence-electron chi connectivity index (χ0n) is 11.8. The minimum atomic E-state index is -4.30. The van der Waals surface area contributed by atoms with E-state index < -0.39 is 11.7 Å². The van der Waals surface area contributed by atoms with Crippen LogP contribution in [0.2, 0.25) is 0 Å². The Kier molecular flexibility index (Phi) is 5.00. The fourth-order valence-corrected chi connectivity index (χ4v) is 2.72. The molecule has 0 fully saturated rings. The standard InChI is InChI=1S/C15H17F3N2S/c1-10(14-19-6-7-21-14)9-20-11(2)12-4-3-5-13(8-12)15(16,17)18/h3-8,10-11,20H,9H2,1-2H3. The first-order valence-electron chi connectivity index (χ1n) is 6.68. The summed E-state index contributed by atoms with van der Waals surface area (Å²) in [6.07, 6.45) is -2.54. The largest absolute Gasteiger partial charge is 0.416 e. The van der Waals surface area contributed by atoms with Crippen LogP contribution in [0.25, 0.3) is 0 Å². The van der Waals surface area contributed by atoms with Gasteiger partial charge in [-0.25, -0.2) is 4.98 Å². The van der Waals surface area contributed by atoms with Crippen LogP contribution in [0.3, 0.4) is 0 Å². The number of hydrogen-bond acceptors (Lipinski definition) is 3. The van der Waals surface area contributed by atoms with Crippen LogP contribution in [-0.2, 0) is 6.18 Å². The van der Waals surface area contributed by atoms with E-state index in [1.54, 1.807) is 23.6 Å². The number of nitrogens with one attached hydrogen (secondary N) is 1. The molecule has 0 aliphatic heterocycles. The molecule has 1 heterocycles. The maximum Gasteiger partial charge on any atom is 0.416 e. The van der Waals surface area contributed by atoms with Crippen molar-refractivity contribution in [2.75, 3.05) is 6.54 Å². The van der Waals surface area contributed by atoms with Crippen molar-refractivity contribution in [1.29, 1.82) is 0 Å². The summed E-state index contributed by atoms with van der Waals surface area (Å²) in [6.45, 7) is 4.58. The zero-order valence-corrected chi connectivity index (χ0v) is 12.6. The molecule has 6 heteroatoms. The molecular weight excluding hydrogens is 297 g/mol. The van der Waals surface area contributed by atoms with Gasteiger partial charge in [0.2, 0.25) is 0 Å². The van der Waals surface area contributed by atoms with Crippen LogP contribution in [-0.4, -0.2) is 11.5 Å². The fraction of sp³-hybridized carbons (Fsp3) is 0.400. The van der Waals surface area contributed by atoms with Crippen molar-refractivity contribution >= 4 is 11.3 Å². The average Bonchev–Trinajstić information content (AvgIpc) is 2.98. The molecule has 0 saturated heterocycles. The summed E-state index contributed by atoms with van der Waals surface area (Å²) in [5.74, 6) is 0.234. The first-order valence-corrected chi connectivity index (χ1v) is 7.56. The summed E-state index contributed by atoms with van der Waals surface area (Å²) in [4.78, 5) is 4.24. The predicted octanol–water partition coefficient (Wildman–Crippen LogP) is 4.62. The highest BCUT2D eigenvalue weighted by molar-refractivity contribution is 7.09. The first kappa shape index (κ1) is 16.0. The Morgan fingerprint density at radius 2 is 2.05 bits per heavy atom. The molecule has 1 N–H and O–H groups in total. The molecule has 1 aromatic heterocycles. The van der Waals surface area contributed by atoms with Gasteiger partial charge in [0.25, 0.3) is 0 Å². The van der Waals surface area contributed by atoms with Crippen molar-refractivity contribution in [2.45, 2.75) is 32.0 Å². The Morgan fingerprint density at radius 3 is 2.67 bits per heavy atom. The third-order valence-electron chi connectivity index (χ3n) is 3.32. The molecule has 0 amide bonds. The Morgan fingerprint density at radius 1 is 1.29 bits per heavy atom. The van der Waals surface area contributed by atoms with Gasteiger partial charge in [0.15, 0.2) is 0 Å². The Labute approximate surface area is 126 Å². The lowest BCUT2D eigenvalue weighted by Crippen LogP contribution is -2.23. The molecular formula is C15H17F3N2S. The number of thiazole rings is 1. The van der Waals surface area contributed by atoms with Crippen LogP contribution >= 0.6 is 11.3 Å². The second kappa shape index (κ2) is 6.58. The second-order valence-corrected chi connectivity index (χ2v) is 5.95. The predicted molar refractivity (Wildman–Crippen MR) is 78.4 cm³/mol. The maximum atomic E-state index is 12.7. The second-order valence-electron chi connectivity index (χ2n) is 5.02. The lowest BCUT2D eigenvalue weighted by molar-refractivity contribution is -0.137. The lowest BCUT2D eigenvalue weighted by atomic mass is 10.0. The number of alkyl halides is 3. The molecule has 0 spiro atoms. The van der Waals surface area contributed by atoms with E-state index in [1.165, 1.54) is 12.1 Å². The van der Waals surface area contributed by atoms with Crippen molar-refractivity contribution in [1.82, 2.24) is 10.3 Å². The third kappa shape index (κ3) is 4.28. The van der Waals surface area contributed by atoms with E-state index in [9.17, 15) is 13.2 Å². The number of rotatable bonds is 5. The van der Waals surface area contributed by atoms with E-state index in [0.717, 1.165) is 11.1 Å². The summed E-state index contributed by atoms with van der Waals surface area (Å²) in [5, 5.41) is 6.21. The average molecular weight is 314 g/mol. The molecule has 2 aromatic rings. The molecule has 21 heavy (non-hydrogen) atoms. The highest BCUT2D eigenvalue weighted by Gasteiger charge is 2.30. The van der Waals surface area contributed by atoms with Crippen LogP contribution in [0, 0.1) is 0 Å². The molecule has 0 aliphatic carbocycles. The van der Waals surface area contributed by atoms with Gasteiger partial charge < -0.3 is 5.32 Å². The Balaban J connectivity index is 1.99. The number of hydrogen-bond donors (Lipinski definition) is 1. The third-order valence-corrected chi connectivity index (χ3v) is 4.32. The zero-order chi connectivity index (χ0) is 15.5. The van der Waals surface area contributed by atoms with Crippen molar-refractivity contribution in [3.05, 3.63) is 52.0 Å². The number of halogens is 3. The normalized spacial score (nSPS) is 14.9. The minimum Gasteiger partial charge on any atom is -0.310 e. The van der Waals surface area contributed by atoms with Crippen LogP contribution in [0.1, 0.15) is 41.9 Å². The topological polar surface area (TPSA) is 24.9 Å². The Hall–Kier alpha value is -1.40. The van der Waals surface area contributed by atoms with Crippen molar-refractivity contribution in [3.63, 3.8) is 0 Å². The molecule has 0 saturated carbocycles. The van der Waals surface area contributed by atoms with Gasteiger partial charge in [0, 0.05) is 30.1 Å². The van der Waals surface area contributed by atoms with E-state index >= 15 is 0 Å². The number of aromatic nitrogens is 1. The smallest absolute Gasteiger partial charge is 0.310 e. The van der Waals surface area contributed by atoms with Gasteiger partial charge in [-0.1, -0.05) is 19.1 Å². The first-order chi connectivity index (χ1) is 9.88. The van der Waals surface area contributed by atoms with Crippen LogP contribution in [0.4, 0.5) is 13.2 Å². The van der Waals surface area contributed by atoms with Crippen molar-refractivity contribution in [2.24, 2.45) is 0 Å². The highest BCUT2D eigenvalue weighted by atomic mass is 32.1. The molecule has 0 aliphatic rings. The fourth-order valence-electron chi connectivity index (χ4n) is 2.02. The van der Waals surface area contributed by atoms with Gasteiger partial charge in [-0.15, -0.1) is 11.3 Å². The molecule has 2 rings (SSSR count). The Bertz CT molecular complexity index is 567. The van der Waals surface area contributed by atoms with Gasteiger partial charge in [-0.05, 0) is 24.6 Å². The number of benzene rings is 1. The maximum absolute atomic E-state index is 12.7. The molecule has 2 unspecified atom stereocenters. The molecule has 0 radical (unpaired) electrons. The van der Waals surface area contributed by atoms with Crippen LogP contribution in [0.5, 0.6) is 0 Å². The summed E-state index contributed by atoms with van der Waals surface area (Å²) in [7, 11) is 0. The van der Waals surface area contributed by atoms with Gasteiger partial charge >= 0.3 is 6.18 Å². The molecule has 114 valence electrons. The van der Waals surface area contributed by atoms with Gasteiger partial charge in [-0.3, -0.25) is 0 Å². The molecule has 2 nitrogen and oxygen atoms in total. The summed E-state index contributed by atoms with van der Waals surface area (Å²) in [5.41, 5.74) is 0.0257. The van der Waals surface area contributed by atoms with E-state index in [1.807, 2.05) is 19.2 Å². The quantitative estimate of drug-likeness (QED) is 0.871. The highest BCUT2D eigenvalue weighted by Crippen LogP contribution is 2.30. The van der Waals surface area contributed by atoms with Crippen molar-refractivity contribution in [3.8, 4) is 0 Å². The van der Waals surface area contributed by atoms with Crippen LogP contribution in [0.15, 0.2) is 35.8 Å². The number of nitrogens with zero attached hydrogens (tertiary/aromatic N) is 1. The van der Waals surface area contributed by atoms with Gasteiger partial charge in [0.05, 0.1) is 10.6 Å². The van der Waals surface area contributed by atoms with E-state index in [2.05, 4.69) is 10.3 Å². The van der Waals surface area contributed by atoms with Gasteiger partial charge in [0.1, 0.15) is 0 Å². The summed E-state index contributed by atoms with van der Waals surface area (Å²) >= 11 is 1.58. The van der Waals surface area contributed by atoms with E-state index in [-0.39, 0.29) is 12.0 Å². The van der Waals surface area contributed by atoms with E-state index in [0.29, 0.717) is 12.1 Å². The summed E-state index contributed by atoms with van der Waals surface area (Å²) < 4.78 is 38.1. The van der Waals surface area contributed by atoms with E-state index in [4.69, 9.17) is 0 Å². The van der Waals surface area contributed by atoms with Crippen LogP contribution < -0.4 is 5.32 Å². The minimum absolute atomic E-state index is 0.144. The molecule has 2 atom stereocenters. The van der Waals surface area contributed by atoms with Crippen molar-refractivity contribution < 1.29 is 13.2 Å². The molecule has 0 bridgehead atoms. The lowest BCUT2D eigenvalue weighted by Gasteiger charge is -2.18. The SMILES string of the molecule is CC(CNC(C)c1cccc(C(F)(F)F)c1)c1nccs1. The van der Waals surface area contributed by atoms with Gasteiger partial charge in [-0.2, -0.15) is 13.2 Å². The molecule has 1 aromatic carbocycles. The monoisotopic (exact) mass is 314 g/mol. The summed E-state index contributed by atoms with van der Waals surface area (Å²) in [6, 6.07) is 5.30.